The number of benzene rings is 1. The molecule has 3 aromatic rings. The monoisotopic (exact) mass is 451 g/mol. The smallest absolute Gasteiger partial charge is 0.297 e. The molecule has 0 amide bonds. The molecule has 1 aliphatic rings. The van der Waals surface area contributed by atoms with E-state index >= 15 is 0 Å². The summed E-state index contributed by atoms with van der Waals surface area (Å²) in [4.78, 5) is 34.5. The van der Waals surface area contributed by atoms with Crippen LogP contribution in [0.2, 0.25) is 0 Å². The van der Waals surface area contributed by atoms with Crippen LogP contribution in [0.5, 0.6) is 5.75 Å². The Balaban J connectivity index is 1.74. The second kappa shape index (κ2) is 9.58. The van der Waals surface area contributed by atoms with Gasteiger partial charge in [-0.05, 0) is 44.5 Å². The summed E-state index contributed by atoms with van der Waals surface area (Å²) in [6.07, 6.45) is 4.72. The third-order valence-electron chi connectivity index (χ3n) is 6.44. The van der Waals surface area contributed by atoms with Crippen LogP contribution in [0.15, 0.2) is 52.1 Å². The van der Waals surface area contributed by atoms with Gasteiger partial charge in [0.2, 0.25) is 11.7 Å². The summed E-state index contributed by atoms with van der Waals surface area (Å²) in [5.74, 6) is -0.444. The van der Waals surface area contributed by atoms with Gasteiger partial charge in [-0.15, -0.1) is 0 Å². The molecule has 1 atom stereocenters. The number of piperidine rings is 1. The summed E-state index contributed by atoms with van der Waals surface area (Å²) in [6.45, 7) is 1.98. The highest BCUT2D eigenvalue weighted by molar-refractivity contribution is 5.98. The molecule has 2 aromatic heterocycles. The first-order valence-corrected chi connectivity index (χ1v) is 11.0. The minimum Gasteiger partial charge on any atom is -0.501 e. The quantitative estimate of drug-likeness (QED) is 0.546. The number of carbonyl (C=O) groups excluding carboxylic acids is 1. The molecule has 174 valence electrons. The van der Waals surface area contributed by atoms with E-state index in [2.05, 4.69) is 34.2 Å². The third kappa shape index (κ3) is 4.68. The highest BCUT2D eigenvalue weighted by Gasteiger charge is 2.32. The van der Waals surface area contributed by atoms with Crippen LogP contribution in [0, 0.1) is 5.92 Å². The van der Waals surface area contributed by atoms with Gasteiger partial charge in [-0.3, -0.25) is 14.2 Å². The molecule has 4 rings (SSSR count). The Morgan fingerprint density at radius 1 is 1.24 bits per heavy atom. The fourth-order valence-corrected chi connectivity index (χ4v) is 4.60. The second-order valence-corrected chi connectivity index (χ2v) is 8.71. The SMILES string of the molecule is CN1CCC(C(c2ccccc2)N(C)c2nc(C(=O)Cc3cnoc3)c(O)c(=O)n2C)CC1. The first kappa shape index (κ1) is 22.7. The van der Waals surface area contributed by atoms with E-state index in [4.69, 9.17) is 4.52 Å². The normalized spacial score (nSPS) is 16.0. The molecular weight excluding hydrogens is 422 g/mol. The molecule has 0 aliphatic carbocycles. The van der Waals surface area contributed by atoms with Crippen LogP contribution >= 0.6 is 0 Å². The lowest BCUT2D eigenvalue weighted by Crippen LogP contribution is -2.40. The van der Waals surface area contributed by atoms with E-state index in [0.717, 1.165) is 31.5 Å². The second-order valence-electron chi connectivity index (χ2n) is 8.71. The Morgan fingerprint density at radius 3 is 2.58 bits per heavy atom. The van der Waals surface area contributed by atoms with Crippen molar-refractivity contribution in [3.8, 4) is 5.75 Å². The Morgan fingerprint density at radius 2 is 1.94 bits per heavy atom. The number of likely N-dealkylation sites (tertiary alicyclic amines) is 1. The maximum atomic E-state index is 12.9. The van der Waals surface area contributed by atoms with Crippen molar-refractivity contribution in [3.63, 3.8) is 0 Å². The molecule has 0 radical (unpaired) electrons. The Bertz CT molecular complexity index is 1150. The van der Waals surface area contributed by atoms with Gasteiger partial charge in [-0.25, -0.2) is 4.98 Å². The summed E-state index contributed by atoms with van der Waals surface area (Å²) in [7, 11) is 5.57. The van der Waals surface area contributed by atoms with Gasteiger partial charge in [0.1, 0.15) is 6.26 Å². The van der Waals surface area contributed by atoms with Crippen LogP contribution in [0.4, 0.5) is 5.95 Å². The Hall–Kier alpha value is -3.46. The van der Waals surface area contributed by atoms with Gasteiger partial charge in [-0.2, -0.15) is 0 Å². The maximum absolute atomic E-state index is 12.9. The minimum absolute atomic E-state index is 0.0384. The van der Waals surface area contributed by atoms with Crippen molar-refractivity contribution in [2.75, 3.05) is 32.1 Å². The molecule has 1 fully saturated rings. The van der Waals surface area contributed by atoms with Crippen molar-refractivity contribution in [2.45, 2.75) is 25.3 Å². The summed E-state index contributed by atoms with van der Waals surface area (Å²) >= 11 is 0. The van der Waals surface area contributed by atoms with Gasteiger partial charge < -0.3 is 19.4 Å². The van der Waals surface area contributed by atoms with E-state index in [1.807, 2.05) is 30.1 Å². The lowest BCUT2D eigenvalue weighted by Gasteiger charge is -2.40. The zero-order chi connectivity index (χ0) is 23.5. The summed E-state index contributed by atoms with van der Waals surface area (Å²) < 4.78 is 6.08. The zero-order valence-corrected chi connectivity index (χ0v) is 19.1. The summed E-state index contributed by atoms with van der Waals surface area (Å²) in [5.41, 5.74) is 0.770. The fraction of sp³-hybridized carbons (Fsp3) is 0.417. The molecular formula is C24H29N5O4. The first-order valence-electron chi connectivity index (χ1n) is 11.0. The van der Waals surface area contributed by atoms with E-state index in [9.17, 15) is 14.7 Å². The highest BCUT2D eigenvalue weighted by atomic mass is 16.5. The molecule has 0 spiro atoms. The number of hydrogen-bond donors (Lipinski definition) is 1. The maximum Gasteiger partial charge on any atom is 0.297 e. The predicted octanol–water partition coefficient (Wildman–Crippen LogP) is 2.42. The van der Waals surface area contributed by atoms with E-state index in [1.54, 1.807) is 7.05 Å². The molecule has 1 unspecified atom stereocenters. The van der Waals surface area contributed by atoms with Gasteiger partial charge in [0.05, 0.1) is 12.2 Å². The Kier molecular flexibility index (Phi) is 6.60. The van der Waals surface area contributed by atoms with Crippen LogP contribution in [-0.2, 0) is 13.5 Å². The molecule has 0 saturated carbocycles. The molecule has 1 aromatic carbocycles. The van der Waals surface area contributed by atoms with Crippen molar-refractivity contribution in [1.82, 2.24) is 19.6 Å². The summed E-state index contributed by atoms with van der Waals surface area (Å²) in [5, 5.41) is 14.0. The number of anilines is 1. The molecule has 1 aliphatic heterocycles. The van der Waals surface area contributed by atoms with Crippen molar-refractivity contribution >= 4 is 11.7 Å². The number of hydrogen-bond acceptors (Lipinski definition) is 8. The highest BCUT2D eigenvalue weighted by Crippen LogP contribution is 2.36. The standard InChI is InChI=1S/C24H29N5O4/c1-27-11-9-18(10-12-27)21(17-7-5-4-6-8-17)28(2)24-26-20(22(31)23(32)29(24)3)19(30)13-16-14-25-33-15-16/h4-8,14-15,18,21,31H,9-13H2,1-3H3. The van der Waals surface area contributed by atoms with Crippen molar-refractivity contribution in [1.29, 1.82) is 0 Å². The van der Waals surface area contributed by atoms with Crippen LogP contribution in [-0.4, -0.2) is 57.7 Å². The van der Waals surface area contributed by atoms with E-state index < -0.39 is 17.1 Å². The number of nitrogens with zero attached hydrogens (tertiary/aromatic N) is 5. The first-order chi connectivity index (χ1) is 15.9. The van der Waals surface area contributed by atoms with Crippen LogP contribution < -0.4 is 10.5 Å². The van der Waals surface area contributed by atoms with Crippen LogP contribution in [0.25, 0.3) is 0 Å². The van der Waals surface area contributed by atoms with Gasteiger partial charge >= 0.3 is 0 Å². The van der Waals surface area contributed by atoms with Crippen molar-refractivity contribution in [3.05, 3.63) is 70.0 Å². The number of Topliss-reactive ketones (excluding diaryl/α,β-unsaturated/α-hetero) is 1. The third-order valence-corrected chi connectivity index (χ3v) is 6.44. The van der Waals surface area contributed by atoms with Gasteiger partial charge in [0, 0.05) is 26.1 Å². The van der Waals surface area contributed by atoms with Crippen LogP contribution in [0.1, 0.15) is 40.5 Å². The largest absolute Gasteiger partial charge is 0.501 e. The fourth-order valence-electron chi connectivity index (χ4n) is 4.60. The van der Waals surface area contributed by atoms with E-state index in [-0.39, 0.29) is 18.2 Å². The molecule has 1 saturated heterocycles. The summed E-state index contributed by atoms with van der Waals surface area (Å²) in [6, 6.07) is 10.1. The lowest BCUT2D eigenvalue weighted by molar-refractivity contribution is 0.0984. The van der Waals surface area contributed by atoms with Gasteiger partial charge in [0.25, 0.3) is 5.56 Å². The molecule has 9 nitrogen and oxygen atoms in total. The minimum atomic E-state index is -0.657. The Labute approximate surface area is 192 Å². The molecule has 1 N–H and O–H groups in total. The average molecular weight is 452 g/mol. The molecule has 9 heteroatoms. The zero-order valence-electron chi connectivity index (χ0n) is 19.1. The van der Waals surface area contributed by atoms with E-state index in [0.29, 0.717) is 17.4 Å². The molecule has 3 heterocycles. The number of ketones is 1. The van der Waals surface area contributed by atoms with Crippen molar-refractivity contribution < 1.29 is 14.4 Å². The van der Waals surface area contributed by atoms with Crippen molar-refractivity contribution in [2.24, 2.45) is 13.0 Å². The topological polar surface area (TPSA) is 105 Å². The number of rotatable bonds is 7. The predicted molar refractivity (Wildman–Crippen MR) is 123 cm³/mol. The number of aromatic hydroxyl groups is 1. The molecule has 0 bridgehead atoms. The van der Waals surface area contributed by atoms with Crippen LogP contribution in [0.3, 0.4) is 0 Å². The average Bonchev–Trinajstić information content (AvgIpc) is 3.32. The van der Waals surface area contributed by atoms with Gasteiger partial charge in [-0.1, -0.05) is 35.5 Å². The lowest BCUT2D eigenvalue weighted by atomic mass is 9.84. The number of carbonyl (C=O) groups is 1. The van der Waals surface area contributed by atoms with Gasteiger partial charge in [0.15, 0.2) is 11.5 Å². The number of aromatic nitrogens is 3. The van der Waals surface area contributed by atoms with E-state index in [1.165, 1.54) is 17.0 Å². The molecule has 33 heavy (non-hydrogen) atoms.